The minimum absolute atomic E-state index is 0.137. The van der Waals surface area contributed by atoms with E-state index in [-0.39, 0.29) is 22.0 Å². The molecule has 0 fully saturated rings. The Morgan fingerprint density at radius 1 is 1.23 bits per heavy atom. The molecule has 8 nitrogen and oxygen atoms in total. The highest BCUT2D eigenvalue weighted by molar-refractivity contribution is 7.91. The van der Waals surface area contributed by atoms with Crippen molar-refractivity contribution >= 4 is 32.4 Å². The Hall–Kier alpha value is -2.04. The molecule has 0 aliphatic rings. The molecule has 1 amide bonds. The summed E-state index contributed by atoms with van der Waals surface area (Å²) in [5, 5.41) is 10.1. The van der Waals surface area contributed by atoms with E-state index in [9.17, 15) is 13.2 Å². The van der Waals surface area contributed by atoms with Crippen LogP contribution in [-0.4, -0.2) is 37.2 Å². The molecule has 142 valence electrons. The van der Waals surface area contributed by atoms with Crippen molar-refractivity contribution in [2.24, 2.45) is 5.41 Å². The van der Waals surface area contributed by atoms with Crippen LogP contribution in [0.3, 0.4) is 0 Å². The maximum Gasteiger partial charge on any atom is 0.270 e. The number of hydrogen-bond acceptors (Lipinski definition) is 7. The van der Waals surface area contributed by atoms with Crippen molar-refractivity contribution < 1.29 is 17.9 Å². The number of aromatic nitrogens is 2. The van der Waals surface area contributed by atoms with Gasteiger partial charge >= 0.3 is 0 Å². The number of carbonyl (C=O) groups excluding carboxylic acids is 1. The van der Waals surface area contributed by atoms with Crippen LogP contribution in [0.2, 0.25) is 0 Å². The number of amides is 1. The largest absolute Gasteiger partial charge is 0.492 e. The Morgan fingerprint density at radius 3 is 2.50 bits per heavy atom. The Morgan fingerprint density at radius 2 is 1.88 bits per heavy atom. The molecule has 0 unspecified atom stereocenters. The summed E-state index contributed by atoms with van der Waals surface area (Å²) in [5.41, 5.74) is -0.619. The lowest BCUT2D eigenvalue weighted by Crippen LogP contribution is -2.36. The monoisotopic (exact) mass is 398 g/mol. The number of para-hydroxylation sites is 1. The van der Waals surface area contributed by atoms with Gasteiger partial charge in [0, 0.05) is 5.41 Å². The molecule has 0 aliphatic carbocycles. The number of nitrogens with zero attached hydrogens (tertiary/aromatic N) is 2. The van der Waals surface area contributed by atoms with Crippen LogP contribution in [-0.2, 0) is 14.8 Å². The number of sulfonamides is 1. The van der Waals surface area contributed by atoms with Crippen LogP contribution in [0.25, 0.3) is 0 Å². The van der Waals surface area contributed by atoms with E-state index in [1.165, 1.54) is 0 Å². The molecule has 0 radical (unpaired) electrons. The number of benzene rings is 1. The van der Waals surface area contributed by atoms with Gasteiger partial charge in [0.05, 0.1) is 6.04 Å². The summed E-state index contributed by atoms with van der Waals surface area (Å²) < 4.78 is 32.6. The van der Waals surface area contributed by atoms with Gasteiger partial charge in [-0.1, -0.05) is 50.3 Å². The van der Waals surface area contributed by atoms with E-state index in [2.05, 4.69) is 20.2 Å². The van der Waals surface area contributed by atoms with E-state index in [0.29, 0.717) is 5.75 Å². The summed E-state index contributed by atoms with van der Waals surface area (Å²) in [6.45, 7) is 7.09. The second-order valence-electron chi connectivity index (χ2n) is 6.72. The van der Waals surface area contributed by atoms with E-state index in [1.807, 2.05) is 18.2 Å². The first-order valence-electron chi connectivity index (χ1n) is 7.93. The maximum atomic E-state index is 12.4. The number of hydrogen-bond donors (Lipinski definition) is 2. The molecule has 0 aliphatic heterocycles. The summed E-state index contributed by atoms with van der Waals surface area (Å²) in [6, 6.07) is 8.63. The predicted octanol–water partition coefficient (Wildman–Crippen LogP) is 2.27. The van der Waals surface area contributed by atoms with Crippen LogP contribution in [0, 0.1) is 5.41 Å². The molecular weight excluding hydrogens is 376 g/mol. The number of ether oxygens (including phenoxy) is 1. The van der Waals surface area contributed by atoms with Crippen LogP contribution >= 0.6 is 11.3 Å². The smallest absolute Gasteiger partial charge is 0.270 e. The van der Waals surface area contributed by atoms with Gasteiger partial charge in [-0.25, -0.2) is 13.1 Å². The maximum absolute atomic E-state index is 12.4. The van der Waals surface area contributed by atoms with Crippen LogP contribution in [0.15, 0.2) is 34.7 Å². The third-order valence-electron chi connectivity index (χ3n) is 3.14. The molecule has 26 heavy (non-hydrogen) atoms. The molecule has 2 aromatic rings. The summed E-state index contributed by atoms with van der Waals surface area (Å²) >= 11 is 0.795. The van der Waals surface area contributed by atoms with Gasteiger partial charge in [-0.15, -0.1) is 10.2 Å². The Labute approximate surface area is 157 Å². The van der Waals surface area contributed by atoms with Gasteiger partial charge in [0.15, 0.2) is 0 Å². The molecule has 0 spiro atoms. The molecule has 2 N–H and O–H groups in total. The van der Waals surface area contributed by atoms with Gasteiger partial charge in [-0.05, 0) is 19.1 Å². The zero-order valence-electron chi connectivity index (χ0n) is 15.0. The topological polar surface area (TPSA) is 110 Å². The normalized spacial score (nSPS) is 13.2. The number of carbonyl (C=O) groups is 1. The van der Waals surface area contributed by atoms with Crippen molar-refractivity contribution in [2.75, 3.05) is 11.9 Å². The quantitative estimate of drug-likeness (QED) is 0.692. The molecule has 1 aromatic heterocycles. The Bertz CT molecular complexity index is 845. The average Bonchev–Trinajstić information content (AvgIpc) is 3.02. The first-order chi connectivity index (χ1) is 12.1. The van der Waals surface area contributed by atoms with Crippen molar-refractivity contribution in [2.45, 2.75) is 38.1 Å². The third kappa shape index (κ3) is 5.75. The van der Waals surface area contributed by atoms with Crippen molar-refractivity contribution in [3.05, 3.63) is 30.3 Å². The molecular formula is C16H22N4O4S2. The zero-order valence-corrected chi connectivity index (χ0v) is 16.6. The summed E-state index contributed by atoms with van der Waals surface area (Å²) in [6.07, 6.45) is 0. The first kappa shape index (κ1) is 20.3. The van der Waals surface area contributed by atoms with Crippen LogP contribution in [0.5, 0.6) is 5.75 Å². The highest BCUT2D eigenvalue weighted by Crippen LogP contribution is 2.23. The second kappa shape index (κ2) is 8.11. The van der Waals surface area contributed by atoms with E-state index in [4.69, 9.17) is 4.74 Å². The lowest BCUT2D eigenvalue weighted by Gasteiger charge is -2.15. The zero-order chi connectivity index (χ0) is 19.4. The van der Waals surface area contributed by atoms with E-state index >= 15 is 0 Å². The van der Waals surface area contributed by atoms with Crippen LogP contribution in [0.4, 0.5) is 5.13 Å². The molecule has 0 bridgehead atoms. The number of rotatable bonds is 7. The number of nitrogens with one attached hydrogen (secondary N) is 2. The molecule has 1 atom stereocenters. The fourth-order valence-corrected chi connectivity index (χ4v) is 3.88. The van der Waals surface area contributed by atoms with Gasteiger partial charge in [0.1, 0.15) is 12.4 Å². The van der Waals surface area contributed by atoms with Crippen LogP contribution < -0.4 is 14.8 Å². The highest BCUT2D eigenvalue weighted by Gasteiger charge is 2.26. The van der Waals surface area contributed by atoms with Crippen molar-refractivity contribution in [1.29, 1.82) is 0 Å². The number of anilines is 1. The van der Waals surface area contributed by atoms with E-state index in [0.717, 1.165) is 11.3 Å². The van der Waals surface area contributed by atoms with E-state index in [1.54, 1.807) is 39.8 Å². The molecule has 2 rings (SSSR count). The minimum atomic E-state index is -3.85. The molecule has 0 saturated carbocycles. The molecule has 0 saturated heterocycles. The van der Waals surface area contributed by atoms with Crippen molar-refractivity contribution in [3.63, 3.8) is 0 Å². The molecule has 1 aromatic carbocycles. The lowest BCUT2D eigenvalue weighted by molar-refractivity contribution is -0.123. The first-order valence-corrected chi connectivity index (χ1v) is 10.2. The van der Waals surface area contributed by atoms with Gasteiger partial charge in [0.25, 0.3) is 10.0 Å². The SMILES string of the molecule is C[C@H](COc1ccccc1)NS(=O)(=O)c1nnc(NC(=O)C(C)(C)C)s1. The second-order valence-corrected chi connectivity index (χ2v) is 9.59. The van der Waals surface area contributed by atoms with Gasteiger partial charge in [-0.3, -0.25) is 4.79 Å². The highest BCUT2D eigenvalue weighted by atomic mass is 32.2. The minimum Gasteiger partial charge on any atom is -0.492 e. The van der Waals surface area contributed by atoms with Crippen molar-refractivity contribution in [1.82, 2.24) is 14.9 Å². The fourth-order valence-electron chi connectivity index (χ4n) is 1.74. The van der Waals surface area contributed by atoms with Gasteiger partial charge in [-0.2, -0.15) is 0 Å². The summed E-state index contributed by atoms with van der Waals surface area (Å²) in [4.78, 5) is 11.9. The predicted molar refractivity (Wildman–Crippen MR) is 99.7 cm³/mol. The standard InChI is InChI=1S/C16H22N4O4S2/c1-11(10-24-12-8-6-5-7-9-12)20-26(22,23)15-19-18-14(25-15)17-13(21)16(2,3)4/h5-9,11,20H,10H2,1-4H3,(H,17,18,21)/t11-/m1/s1. The lowest BCUT2D eigenvalue weighted by atomic mass is 9.96. The average molecular weight is 399 g/mol. The molecule has 10 heteroatoms. The summed E-state index contributed by atoms with van der Waals surface area (Å²) in [5.74, 6) is 0.386. The van der Waals surface area contributed by atoms with Gasteiger partial charge in [0.2, 0.25) is 15.4 Å². The fraction of sp³-hybridized carbons (Fsp3) is 0.438. The van der Waals surface area contributed by atoms with E-state index < -0.39 is 21.5 Å². The third-order valence-corrected chi connectivity index (χ3v) is 5.93. The van der Waals surface area contributed by atoms with Crippen LogP contribution in [0.1, 0.15) is 27.7 Å². The van der Waals surface area contributed by atoms with Gasteiger partial charge < -0.3 is 10.1 Å². The Kier molecular flexibility index (Phi) is 6.32. The molecule has 1 heterocycles. The Balaban J connectivity index is 1.96. The van der Waals surface area contributed by atoms with Crippen molar-refractivity contribution in [3.8, 4) is 5.75 Å². The summed E-state index contributed by atoms with van der Waals surface area (Å²) in [7, 11) is -3.85.